The molecule has 33 heavy (non-hydrogen) atoms. The molecule has 7 nitrogen and oxygen atoms in total. The van der Waals surface area contributed by atoms with Crippen molar-refractivity contribution >= 4 is 11.6 Å². The number of carbonyl (C=O) groups excluding carboxylic acids is 1. The van der Waals surface area contributed by atoms with Gasteiger partial charge >= 0.3 is 5.69 Å². The second-order valence-electron chi connectivity index (χ2n) is 8.54. The number of ketones is 1. The van der Waals surface area contributed by atoms with Crippen molar-refractivity contribution in [2.75, 3.05) is 5.32 Å². The number of nitrogens with zero attached hydrogens (tertiary/aromatic N) is 2. The summed E-state index contributed by atoms with van der Waals surface area (Å²) in [7, 11) is 3.11. The molecule has 2 aromatic carbocycles. The van der Waals surface area contributed by atoms with Crippen LogP contribution in [0.4, 0.5) is 5.82 Å². The predicted octanol–water partition coefficient (Wildman–Crippen LogP) is 3.23. The Hall–Kier alpha value is -3.87. The summed E-state index contributed by atoms with van der Waals surface area (Å²) >= 11 is 0. The molecule has 1 atom stereocenters. The average Bonchev–Trinajstić information content (AvgIpc) is 2.85. The van der Waals surface area contributed by atoms with E-state index in [9.17, 15) is 14.4 Å². The standard InChI is InChI=1S/C26H25N3O4/c1-28-24-23(25(31)29(2)26(28)32)21(22-19(27-24)9-6-10-20(22)30)17-11-13-18(14-12-17)33-15-16-7-4-3-5-8-16/h3-5,7-8,11-14,21,27H,6,9-10,15H2,1-2H3/t21-/m1/s1. The van der Waals surface area contributed by atoms with Crippen molar-refractivity contribution in [2.45, 2.75) is 31.8 Å². The van der Waals surface area contributed by atoms with Gasteiger partial charge in [-0.05, 0) is 36.1 Å². The summed E-state index contributed by atoms with van der Waals surface area (Å²) in [6, 6.07) is 17.4. The van der Waals surface area contributed by atoms with Gasteiger partial charge in [-0.3, -0.25) is 18.7 Å². The second-order valence-corrected chi connectivity index (χ2v) is 8.54. The van der Waals surface area contributed by atoms with E-state index in [1.165, 1.54) is 11.6 Å². The highest BCUT2D eigenvalue weighted by molar-refractivity contribution is 6.00. The van der Waals surface area contributed by atoms with Crippen LogP contribution < -0.4 is 21.3 Å². The van der Waals surface area contributed by atoms with Crippen molar-refractivity contribution in [1.29, 1.82) is 0 Å². The maximum Gasteiger partial charge on any atom is 0.332 e. The number of Topliss-reactive ketones (excluding diaryl/α,β-unsaturated/α-hetero) is 1. The van der Waals surface area contributed by atoms with E-state index in [-0.39, 0.29) is 11.3 Å². The van der Waals surface area contributed by atoms with Gasteiger partial charge in [-0.2, -0.15) is 0 Å². The number of fused-ring (bicyclic) bond motifs is 1. The summed E-state index contributed by atoms with van der Waals surface area (Å²) in [6.45, 7) is 0.451. The van der Waals surface area contributed by atoms with Crippen molar-refractivity contribution in [2.24, 2.45) is 14.1 Å². The Morgan fingerprint density at radius 2 is 1.67 bits per heavy atom. The van der Waals surface area contributed by atoms with Gasteiger partial charge in [0.2, 0.25) is 0 Å². The lowest BCUT2D eigenvalue weighted by atomic mass is 9.76. The van der Waals surface area contributed by atoms with E-state index in [1.54, 1.807) is 7.05 Å². The maximum absolute atomic E-state index is 13.2. The fraction of sp³-hybridized carbons (Fsp3) is 0.269. The van der Waals surface area contributed by atoms with Gasteiger partial charge in [0.1, 0.15) is 18.2 Å². The molecule has 7 heteroatoms. The van der Waals surface area contributed by atoms with Crippen LogP contribution in [0.25, 0.3) is 0 Å². The third-order valence-corrected chi connectivity index (χ3v) is 6.46. The van der Waals surface area contributed by atoms with Gasteiger partial charge in [0.25, 0.3) is 5.56 Å². The van der Waals surface area contributed by atoms with E-state index in [1.807, 2.05) is 54.6 Å². The van der Waals surface area contributed by atoms with Crippen LogP contribution in [0.1, 0.15) is 41.9 Å². The van der Waals surface area contributed by atoms with Crippen molar-refractivity contribution in [3.05, 3.63) is 103 Å². The molecule has 0 saturated carbocycles. The molecule has 2 aliphatic rings. The third-order valence-electron chi connectivity index (χ3n) is 6.46. The summed E-state index contributed by atoms with van der Waals surface area (Å²) in [6.07, 6.45) is 1.91. The Bertz CT molecular complexity index is 1380. The Labute approximate surface area is 191 Å². The first kappa shape index (κ1) is 21.0. The summed E-state index contributed by atoms with van der Waals surface area (Å²) in [5.41, 5.74) is 2.95. The molecule has 1 aliphatic heterocycles. The molecular weight excluding hydrogens is 418 g/mol. The molecule has 5 rings (SSSR count). The number of carbonyl (C=O) groups is 1. The fourth-order valence-corrected chi connectivity index (χ4v) is 4.73. The molecule has 0 saturated heterocycles. The molecule has 1 aromatic heterocycles. The smallest absolute Gasteiger partial charge is 0.332 e. The van der Waals surface area contributed by atoms with Crippen LogP contribution in [0, 0.1) is 0 Å². The number of hydrogen-bond acceptors (Lipinski definition) is 5. The van der Waals surface area contributed by atoms with Crippen molar-refractivity contribution < 1.29 is 9.53 Å². The summed E-state index contributed by atoms with van der Waals surface area (Å²) in [5, 5.41) is 3.24. The van der Waals surface area contributed by atoms with E-state index in [2.05, 4.69) is 5.32 Å². The van der Waals surface area contributed by atoms with Gasteiger partial charge in [0.15, 0.2) is 5.78 Å². The van der Waals surface area contributed by atoms with Crippen LogP contribution >= 0.6 is 0 Å². The minimum Gasteiger partial charge on any atom is -0.489 e. The number of rotatable bonds is 4. The number of allylic oxidation sites excluding steroid dienone is 2. The van der Waals surface area contributed by atoms with E-state index in [0.717, 1.165) is 27.8 Å². The lowest BCUT2D eigenvalue weighted by molar-refractivity contribution is -0.116. The van der Waals surface area contributed by atoms with Crippen molar-refractivity contribution in [3.8, 4) is 5.75 Å². The zero-order valence-corrected chi connectivity index (χ0v) is 18.6. The molecule has 0 bridgehead atoms. The van der Waals surface area contributed by atoms with Crippen LogP contribution in [-0.4, -0.2) is 14.9 Å². The molecule has 168 valence electrons. The molecule has 1 N–H and O–H groups in total. The van der Waals surface area contributed by atoms with Crippen molar-refractivity contribution in [1.82, 2.24) is 9.13 Å². The van der Waals surface area contributed by atoms with Crippen LogP contribution in [0.2, 0.25) is 0 Å². The van der Waals surface area contributed by atoms with Gasteiger partial charge in [-0.15, -0.1) is 0 Å². The normalized spacial score (nSPS) is 17.3. The van der Waals surface area contributed by atoms with Gasteiger partial charge in [-0.1, -0.05) is 42.5 Å². The predicted molar refractivity (Wildman–Crippen MR) is 125 cm³/mol. The Balaban J connectivity index is 1.57. The van der Waals surface area contributed by atoms with Gasteiger partial charge in [-0.25, -0.2) is 4.79 Å². The number of ether oxygens (including phenoxy) is 1. The van der Waals surface area contributed by atoms with Gasteiger partial charge in [0, 0.05) is 37.7 Å². The summed E-state index contributed by atoms with van der Waals surface area (Å²) in [5.74, 6) is 0.678. The quantitative estimate of drug-likeness (QED) is 0.670. The van der Waals surface area contributed by atoms with Crippen molar-refractivity contribution in [3.63, 3.8) is 0 Å². The summed E-state index contributed by atoms with van der Waals surface area (Å²) in [4.78, 5) is 38.8. The van der Waals surface area contributed by atoms with E-state index >= 15 is 0 Å². The van der Waals surface area contributed by atoms with Crippen LogP contribution in [0.5, 0.6) is 5.75 Å². The molecule has 0 spiro atoms. The van der Waals surface area contributed by atoms with Crippen LogP contribution in [-0.2, 0) is 25.5 Å². The molecule has 1 aliphatic carbocycles. The van der Waals surface area contributed by atoms with Crippen LogP contribution in [0.3, 0.4) is 0 Å². The highest BCUT2D eigenvalue weighted by Crippen LogP contribution is 2.43. The molecule has 0 radical (unpaired) electrons. The first-order valence-corrected chi connectivity index (χ1v) is 11.1. The SMILES string of the molecule is Cn1c2c(c(=O)n(C)c1=O)[C@H](c1ccc(OCc3ccccc3)cc1)C1=C(CCCC1=O)N2. The average molecular weight is 444 g/mol. The number of hydrogen-bond donors (Lipinski definition) is 1. The number of benzene rings is 2. The Morgan fingerprint density at radius 3 is 2.39 bits per heavy atom. The minimum absolute atomic E-state index is 0.0414. The van der Waals surface area contributed by atoms with E-state index in [4.69, 9.17) is 4.74 Å². The second kappa shape index (κ2) is 8.24. The number of nitrogens with one attached hydrogen (secondary N) is 1. The third kappa shape index (κ3) is 3.59. The highest BCUT2D eigenvalue weighted by atomic mass is 16.5. The van der Waals surface area contributed by atoms with E-state index < -0.39 is 11.6 Å². The Kier molecular flexibility index (Phi) is 5.24. The zero-order chi connectivity index (χ0) is 23.1. The zero-order valence-electron chi connectivity index (χ0n) is 18.6. The molecule has 0 unspecified atom stereocenters. The highest BCUT2D eigenvalue weighted by Gasteiger charge is 2.38. The number of anilines is 1. The first-order chi connectivity index (χ1) is 16.0. The van der Waals surface area contributed by atoms with Crippen LogP contribution in [0.15, 0.2) is 75.5 Å². The minimum atomic E-state index is -0.530. The fourth-order valence-electron chi connectivity index (χ4n) is 4.73. The first-order valence-electron chi connectivity index (χ1n) is 11.1. The topological polar surface area (TPSA) is 82.3 Å². The summed E-state index contributed by atoms with van der Waals surface area (Å²) < 4.78 is 8.46. The van der Waals surface area contributed by atoms with Gasteiger partial charge in [0.05, 0.1) is 5.56 Å². The van der Waals surface area contributed by atoms with E-state index in [0.29, 0.717) is 42.2 Å². The molecular formula is C26H25N3O4. The monoisotopic (exact) mass is 443 g/mol. The molecule has 2 heterocycles. The molecule has 3 aromatic rings. The molecule has 0 amide bonds. The largest absolute Gasteiger partial charge is 0.489 e. The Morgan fingerprint density at radius 1 is 0.939 bits per heavy atom. The lowest BCUT2D eigenvalue weighted by Crippen LogP contribution is -2.44. The number of aromatic nitrogens is 2. The lowest BCUT2D eigenvalue weighted by Gasteiger charge is -2.34. The maximum atomic E-state index is 13.2. The van der Waals surface area contributed by atoms with Gasteiger partial charge < -0.3 is 10.1 Å². The molecule has 0 fully saturated rings.